The van der Waals surface area contributed by atoms with E-state index in [-0.39, 0.29) is 6.04 Å². The molecule has 1 atom stereocenters. The normalized spacial score (nSPS) is 11.7. The van der Waals surface area contributed by atoms with Crippen molar-refractivity contribution < 1.29 is 0 Å². The summed E-state index contributed by atoms with van der Waals surface area (Å²) in [6, 6.07) is 7.98. The number of anilines is 1. The molecular formula is C16H19N5. The lowest BCUT2D eigenvalue weighted by Gasteiger charge is -2.16. The Labute approximate surface area is 125 Å². The van der Waals surface area contributed by atoms with E-state index in [1.807, 2.05) is 39.0 Å². The van der Waals surface area contributed by atoms with E-state index >= 15 is 0 Å². The van der Waals surface area contributed by atoms with E-state index in [1.54, 1.807) is 6.20 Å². The van der Waals surface area contributed by atoms with Gasteiger partial charge in [0.05, 0.1) is 17.4 Å². The van der Waals surface area contributed by atoms with Gasteiger partial charge in [0, 0.05) is 6.20 Å². The maximum Gasteiger partial charge on any atom is 0.167 e. The van der Waals surface area contributed by atoms with Crippen LogP contribution in [0.4, 0.5) is 5.82 Å². The van der Waals surface area contributed by atoms with Crippen LogP contribution in [-0.4, -0.2) is 15.2 Å². The largest absolute Gasteiger partial charge is 0.359 e. The summed E-state index contributed by atoms with van der Waals surface area (Å²) in [4.78, 5) is 4.31. The van der Waals surface area contributed by atoms with E-state index in [2.05, 4.69) is 26.6 Å². The molecule has 1 unspecified atom stereocenters. The summed E-state index contributed by atoms with van der Waals surface area (Å²) in [5, 5.41) is 21.1. The van der Waals surface area contributed by atoms with E-state index in [4.69, 9.17) is 0 Å². The molecule has 0 radical (unpaired) electrons. The number of aryl methyl sites for hydroxylation is 1. The van der Waals surface area contributed by atoms with Crippen molar-refractivity contribution in [1.82, 2.24) is 15.2 Å². The molecule has 0 bridgehead atoms. The number of nitrogens with zero attached hydrogens (tertiary/aromatic N) is 4. The minimum atomic E-state index is -0.0372. The fourth-order valence-corrected chi connectivity index (χ4v) is 2.31. The molecule has 5 nitrogen and oxygen atoms in total. The molecule has 0 saturated carbocycles. The smallest absolute Gasteiger partial charge is 0.167 e. The standard InChI is InChI=1S/C16H19N5/c1-4-12-13(10-17)16(21-20-14(12)5-2)19-11(3)15-8-6-7-9-18-15/h6-9,11H,4-5H2,1-3H3,(H,19,21). The second-order valence-electron chi connectivity index (χ2n) is 4.79. The van der Waals surface area contributed by atoms with Crippen molar-refractivity contribution in [2.24, 2.45) is 0 Å². The van der Waals surface area contributed by atoms with Crippen molar-refractivity contribution in [2.45, 2.75) is 39.7 Å². The van der Waals surface area contributed by atoms with E-state index < -0.39 is 0 Å². The van der Waals surface area contributed by atoms with Crippen molar-refractivity contribution in [3.8, 4) is 6.07 Å². The van der Waals surface area contributed by atoms with Gasteiger partial charge in [0.2, 0.25) is 0 Å². The number of rotatable bonds is 5. The van der Waals surface area contributed by atoms with Crippen LogP contribution in [0.15, 0.2) is 24.4 Å². The maximum absolute atomic E-state index is 9.46. The molecule has 0 saturated heterocycles. The summed E-state index contributed by atoms with van der Waals surface area (Å²) >= 11 is 0. The summed E-state index contributed by atoms with van der Waals surface area (Å²) in [6.45, 7) is 6.04. The lowest BCUT2D eigenvalue weighted by atomic mass is 10.0. The predicted molar refractivity (Wildman–Crippen MR) is 81.8 cm³/mol. The third kappa shape index (κ3) is 3.16. The number of nitrogens with one attached hydrogen (secondary N) is 1. The van der Waals surface area contributed by atoms with Gasteiger partial charge in [-0.05, 0) is 37.5 Å². The third-order valence-electron chi connectivity index (χ3n) is 3.44. The Bertz CT molecular complexity index is 646. The number of hydrogen-bond acceptors (Lipinski definition) is 5. The molecule has 5 heteroatoms. The average Bonchev–Trinajstić information content (AvgIpc) is 2.54. The molecule has 2 heterocycles. The Morgan fingerprint density at radius 2 is 2.05 bits per heavy atom. The summed E-state index contributed by atoms with van der Waals surface area (Å²) in [5.41, 5.74) is 3.36. The molecule has 0 aliphatic carbocycles. The quantitative estimate of drug-likeness (QED) is 0.911. The summed E-state index contributed by atoms with van der Waals surface area (Å²) in [5.74, 6) is 0.532. The second kappa shape index (κ2) is 6.80. The van der Waals surface area contributed by atoms with Crippen LogP contribution < -0.4 is 5.32 Å². The van der Waals surface area contributed by atoms with E-state index in [1.165, 1.54) is 0 Å². The molecule has 0 fully saturated rings. The highest BCUT2D eigenvalue weighted by molar-refractivity contribution is 5.57. The fraction of sp³-hybridized carbons (Fsp3) is 0.375. The zero-order valence-corrected chi connectivity index (χ0v) is 12.6. The van der Waals surface area contributed by atoms with E-state index in [0.29, 0.717) is 11.4 Å². The Balaban J connectivity index is 2.35. The van der Waals surface area contributed by atoms with Crippen LogP contribution in [-0.2, 0) is 12.8 Å². The van der Waals surface area contributed by atoms with Gasteiger partial charge in [0.1, 0.15) is 11.6 Å². The van der Waals surface area contributed by atoms with Crippen LogP contribution in [0.2, 0.25) is 0 Å². The fourth-order valence-electron chi connectivity index (χ4n) is 2.31. The Hall–Kier alpha value is -2.48. The zero-order valence-electron chi connectivity index (χ0n) is 12.6. The molecular weight excluding hydrogens is 262 g/mol. The van der Waals surface area contributed by atoms with Crippen molar-refractivity contribution >= 4 is 5.82 Å². The highest BCUT2D eigenvalue weighted by Gasteiger charge is 2.16. The van der Waals surface area contributed by atoms with Gasteiger partial charge in [0.25, 0.3) is 0 Å². The molecule has 1 N–H and O–H groups in total. The predicted octanol–water partition coefficient (Wildman–Crippen LogP) is 3.04. The minimum absolute atomic E-state index is 0.0372. The van der Waals surface area contributed by atoms with Crippen LogP contribution in [0, 0.1) is 11.3 Å². The van der Waals surface area contributed by atoms with Gasteiger partial charge in [0.15, 0.2) is 5.82 Å². The highest BCUT2D eigenvalue weighted by atomic mass is 15.2. The van der Waals surface area contributed by atoms with Gasteiger partial charge < -0.3 is 5.32 Å². The molecule has 0 aromatic carbocycles. The number of nitriles is 1. The first-order chi connectivity index (χ1) is 10.2. The van der Waals surface area contributed by atoms with Crippen LogP contribution in [0.3, 0.4) is 0 Å². The average molecular weight is 281 g/mol. The maximum atomic E-state index is 9.46. The van der Waals surface area contributed by atoms with Gasteiger partial charge in [-0.25, -0.2) is 0 Å². The van der Waals surface area contributed by atoms with Crippen molar-refractivity contribution in [2.75, 3.05) is 5.32 Å². The third-order valence-corrected chi connectivity index (χ3v) is 3.44. The first-order valence-corrected chi connectivity index (χ1v) is 7.17. The first kappa shape index (κ1) is 14.9. The van der Waals surface area contributed by atoms with Gasteiger partial charge in [-0.3, -0.25) is 4.98 Å². The molecule has 0 aliphatic heterocycles. The van der Waals surface area contributed by atoms with E-state index in [9.17, 15) is 5.26 Å². The number of pyridine rings is 1. The molecule has 0 spiro atoms. The molecule has 2 aromatic rings. The molecule has 0 aliphatic rings. The Morgan fingerprint density at radius 1 is 1.24 bits per heavy atom. The summed E-state index contributed by atoms with van der Waals surface area (Å²) in [6.07, 6.45) is 3.30. The first-order valence-electron chi connectivity index (χ1n) is 7.17. The molecule has 108 valence electrons. The summed E-state index contributed by atoms with van der Waals surface area (Å²) < 4.78 is 0. The lowest BCUT2D eigenvalue weighted by Crippen LogP contribution is -2.14. The second-order valence-corrected chi connectivity index (χ2v) is 4.79. The topological polar surface area (TPSA) is 74.5 Å². The van der Waals surface area contributed by atoms with Crippen LogP contribution in [0.5, 0.6) is 0 Å². The van der Waals surface area contributed by atoms with Crippen molar-refractivity contribution in [1.29, 1.82) is 5.26 Å². The van der Waals surface area contributed by atoms with Crippen LogP contribution in [0.1, 0.15) is 49.3 Å². The van der Waals surface area contributed by atoms with Gasteiger partial charge in [-0.1, -0.05) is 19.9 Å². The van der Waals surface area contributed by atoms with Gasteiger partial charge in [-0.15, -0.1) is 5.10 Å². The number of aromatic nitrogens is 3. The molecule has 0 amide bonds. The molecule has 2 aromatic heterocycles. The molecule has 2 rings (SSSR count). The van der Waals surface area contributed by atoms with Crippen molar-refractivity contribution in [3.05, 3.63) is 46.9 Å². The molecule has 21 heavy (non-hydrogen) atoms. The van der Waals surface area contributed by atoms with Crippen LogP contribution in [0.25, 0.3) is 0 Å². The monoisotopic (exact) mass is 281 g/mol. The summed E-state index contributed by atoms with van der Waals surface area (Å²) in [7, 11) is 0. The van der Waals surface area contributed by atoms with E-state index in [0.717, 1.165) is 29.8 Å². The Morgan fingerprint density at radius 3 is 2.62 bits per heavy atom. The SMILES string of the molecule is CCc1nnc(NC(C)c2ccccn2)c(C#N)c1CC. The Kier molecular flexibility index (Phi) is 4.83. The lowest BCUT2D eigenvalue weighted by molar-refractivity contribution is 0.806. The van der Waals surface area contributed by atoms with Gasteiger partial charge in [-0.2, -0.15) is 10.4 Å². The van der Waals surface area contributed by atoms with Crippen molar-refractivity contribution in [3.63, 3.8) is 0 Å². The zero-order chi connectivity index (χ0) is 15.2. The highest BCUT2D eigenvalue weighted by Crippen LogP contribution is 2.23. The minimum Gasteiger partial charge on any atom is -0.359 e. The number of hydrogen-bond donors (Lipinski definition) is 1. The van der Waals surface area contributed by atoms with Gasteiger partial charge >= 0.3 is 0 Å². The van der Waals surface area contributed by atoms with Crippen LogP contribution >= 0.6 is 0 Å².